The molecule has 0 saturated heterocycles. The van der Waals surface area contributed by atoms with E-state index in [1.807, 2.05) is 13.8 Å². The van der Waals surface area contributed by atoms with E-state index in [2.05, 4.69) is 41.4 Å². The zero-order valence-corrected chi connectivity index (χ0v) is 13.8. The lowest BCUT2D eigenvalue weighted by Crippen LogP contribution is -2.21. The minimum Gasteiger partial charge on any atom is -0.394 e. The number of anilines is 2. The van der Waals surface area contributed by atoms with Crippen LogP contribution in [0.1, 0.15) is 39.1 Å². The van der Waals surface area contributed by atoms with E-state index in [0.29, 0.717) is 19.8 Å². The number of hydrogen-bond donors (Lipinski definition) is 3. The summed E-state index contributed by atoms with van der Waals surface area (Å²) in [4.78, 5) is 9.26. The first-order chi connectivity index (χ1) is 9.90. The molecule has 6 nitrogen and oxygen atoms in total. The molecule has 0 fully saturated rings. The smallest absolute Gasteiger partial charge is 0.138 e. The van der Waals surface area contributed by atoms with Gasteiger partial charge in [0.2, 0.25) is 0 Å². The SMILES string of the molecule is CCNc1nc(C(C)(C)C)nc(NCCOCCO)c1C. The summed E-state index contributed by atoms with van der Waals surface area (Å²) in [6, 6.07) is 0. The van der Waals surface area contributed by atoms with Crippen molar-refractivity contribution < 1.29 is 9.84 Å². The first-order valence-corrected chi connectivity index (χ1v) is 7.45. The summed E-state index contributed by atoms with van der Waals surface area (Å²) in [7, 11) is 0. The second kappa shape index (κ2) is 8.14. The van der Waals surface area contributed by atoms with Gasteiger partial charge >= 0.3 is 0 Å². The summed E-state index contributed by atoms with van der Waals surface area (Å²) in [5.41, 5.74) is 0.897. The van der Waals surface area contributed by atoms with E-state index in [0.717, 1.165) is 29.6 Å². The first kappa shape index (κ1) is 17.7. The van der Waals surface area contributed by atoms with Gasteiger partial charge in [0.25, 0.3) is 0 Å². The van der Waals surface area contributed by atoms with E-state index < -0.39 is 0 Å². The van der Waals surface area contributed by atoms with E-state index in [1.165, 1.54) is 0 Å². The first-order valence-electron chi connectivity index (χ1n) is 7.45. The Labute approximate surface area is 127 Å². The van der Waals surface area contributed by atoms with Gasteiger partial charge in [0, 0.05) is 24.1 Å². The van der Waals surface area contributed by atoms with Crippen LogP contribution in [0.3, 0.4) is 0 Å². The fourth-order valence-corrected chi connectivity index (χ4v) is 1.77. The van der Waals surface area contributed by atoms with Crippen LogP contribution in [0.5, 0.6) is 0 Å². The molecule has 0 atom stereocenters. The summed E-state index contributed by atoms with van der Waals surface area (Å²) in [5, 5.41) is 15.2. The monoisotopic (exact) mass is 296 g/mol. The van der Waals surface area contributed by atoms with Crippen LogP contribution in [0, 0.1) is 6.92 Å². The minimum absolute atomic E-state index is 0.0469. The predicted octanol–water partition coefficient (Wildman–Crippen LogP) is 1.94. The van der Waals surface area contributed by atoms with Crippen molar-refractivity contribution in [3.05, 3.63) is 11.4 Å². The third-order valence-electron chi connectivity index (χ3n) is 2.94. The average molecular weight is 296 g/mol. The third-order valence-corrected chi connectivity index (χ3v) is 2.94. The van der Waals surface area contributed by atoms with Crippen molar-refractivity contribution >= 4 is 11.6 Å². The molecule has 0 bridgehead atoms. The highest BCUT2D eigenvalue weighted by Gasteiger charge is 2.20. The highest BCUT2D eigenvalue weighted by molar-refractivity contribution is 5.57. The van der Waals surface area contributed by atoms with Gasteiger partial charge in [-0.3, -0.25) is 0 Å². The van der Waals surface area contributed by atoms with Crippen LogP contribution < -0.4 is 10.6 Å². The van der Waals surface area contributed by atoms with E-state index in [4.69, 9.17) is 9.84 Å². The van der Waals surface area contributed by atoms with Crippen LogP contribution in [0.2, 0.25) is 0 Å². The Morgan fingerprint density at radius 1 is 1.10 bits per heavy atom. The van der Waals surface area contributed by atoms with Gasteiger partial charge < -0.3 is 20.5 Å². The summed E-state index contributed by atoms with van der Waals surface area (Å²) in [6.07, 6.45) is 0. The van der Waals surface area contributed by atoms with Crippen LogP contribution in [-0.4, -0.2) is 48.0 Å². The summed E-state index contributed by atoms with van der Waals surface area (Å²) >= 11 is 0. The van der Waals surface area contributed by atoms with Gasteiger partial charge in [-0.2, -0.15) is 0 Å². The number of aliphatic hydroxyl groups is 1. The van der Waals surface area contributed by atoms with Crippen molar-refractivity contribution in [3.63, 3.8) is 0 Å². The standard InChI is InChI=1S/C15H28N4O2/c1-6-16-12-11(2)13(17-7-9-21-10-8-20)19-14(18-12)15(3,4)5/h20H,6-10H2,1-5H3,(H2,16,17,18,19). The molecular weight excluding hydrogens is 268 g/mol. The van der Waals surface area contributed by atoms with E-state index in [9.17, 15) is 0 Å². The van der Waals surface area contributed by atoms with Gasteiger partial charge in [0.15, 0.2) is 0 Å². The zero-order valence-electron chi connectivity index (χ0n) is 13.8. The van der Waals surface area contributed by atoms with Crippen molar-refractivity contribution in [2.24, 2.45) is 0 Å². The van der Waals surface area contributed by atoms with Crippen LogP contribution >= 0.6 is 0 Å². The molecule has 0 aliphatic carbocycles. The second-order valence-electron chi connectivity index (χ2n) is 5.91. The molecular formula is C15H28N4O2. The molecule has 0 unspecified atom stereocenters. The number of aliphatic hydroxyl groups excluding tert-OH is 1. The van der Waals surface area contributed by atoms with E-state index in [1.54, 1.807) is 0 Å². The molecule has 0 spiro atoms. The van der Waals surface area contributed by atoms with Crippen molar-refractivity contribution in [2.45, 2.75) is 40.0 Å². The lowest BCUT2D eigenvalue weighted by Gasteiger charge is -2.21. The van der Waals surface area contributed by atoms with Crippen molar-refractivity contribution in [3.8, 4) is 0 Å². The third kappa shape index (κ3) is 5.47. The van der Waals surface area contributed by atoms with Gasteiger partial charge in [-0.25, -0.2) is 9.97 Å². The Bertz CT molecular complexity index is 444. The molecule has 0 aliphatic rings. The zero-order chi connectivity index (χ0) is 15.9. The van der Waals surface area contributed by atoms with Crippen molar-refractivity contribution in [1.82, 2.24) is 9.97 Å². The molecule has 6 heteroatoms. The molecule has 120 valence electrons. The Hall–Kier alpha value is -1.40. The fraction of sp³-hybridized carbons (Fsp3) is 0.733. The molecule has 0 radical (unpaired) electrons. The number of nitrogens with zero attached hydrogens (tertiary/aromatic N) is 2. The number of nitrogens with one attached hydrogen (secondary N) is 2. The van der Waals surface area contributed by atoms with Crippen LogP contribution in [-0.2, 0) is 10.2 Å². The maximum Gasteiger partial charge on any atom is 0.138 e. The second-order valence-corrected chi connectivity index (χ2v) is 5.91. The van der Waals surface area contributed by atoms with E-state index in [-0.39, 0.29) is 12.0 Å². The van der Waals surface area contributed by atoms with Crippen LogP contribution in [0.15, 0.2) is 0 Å². The number of rotatable bonds is 8. The molecule has 0 aromatic carbocycles. The van der Waals surface area contributed by atoms with Gasteiger partial charge in [-0.1, -0.05) is 20.8 Å². The highest BCUT2D eigenvalue weighted by atomic mass is 16.5. The normalized spacial score (nSPS) is 11.5. The number of aromatic nitrogens is 2. The maximum atomic E-state index is 8.67. The summed E-state index contributed by atoms with van der Waals surface area (Å²) in [5.74, 6) is 2.51. The Kier molecular flexibility index (Phi) is 6.84. The molecule has 0 aliphatic heterocycles. The lowest BCUT2D eigenvalue weighted by molar-refractivity contribution is 0.0992. The fourth-order valence-electron chi connectivity index (χ4n) is 1.77. The molecule has 3 N–H and O–H groups in total. The number of hydrogen-bond acceptors (Lipinski definition) is 6. The molecule has 21 heavy (non-hydrogen) atoms. The Balaban J connectivity index is 2.87. The molecule has 1 rings (SSSR count). The lowest BCUT2D eigenvalue weighted by atomic mass is 9.95. The molecule has 1 heterocycles. The van der Waals surface area contributed by atoms with Crippen LogP contribution in [0.25, 0.3) is 0 Å². The Morgan fingerprint density at radius 3 is 2.24 bits per heavy atom. The average Bonchev–Trinajstić information content (AvgIpc) is 2.41. The van der Waals surface area contributed by atoms with Gasteiger partial charge in [0.1, 0.15) is 17.5 Å². The Morgan fingerprint density at radius 2 is 1.71 bits per heavy atom. The quantitative estimate of drug-likeness (QED) is 0.636. The molecule has 0 amide bonds. The van der Waals surface area contributed by atoms with Crippen molar-refractivity contribution in [1.29, 1.82) is 0 Å². The topological polar surface area (TPSA) is 79.3 Å². The van der Waals surface area contributed by atoms with E-state index >= 15 is 0 Å². The highest BCUT2D eigenvalue weighted by Crippen LogP contribution is 2.26. The molecule has 0 saturated carbocycles. The molecule has 1 aromatic rings. The summed E-state index contributed by atoms with van der Waals surface area (Å²) in [6.45, 7) is 12.8. The van der Waals surface area contributed by atoms with Gasteiger partial charge in [-0.05, 0) is 13.8 Å². The largest absolute Gasteiger partial charge is 0.394 e. The molecule has 1 aromatic heterocycles. The van der Waals surface area contributed by atoms with Gasteiger partial charge in [-0.15, -0.1) is 0 Å². The van der Waals surface area contributed by atoms with Crippen LogP contribution in [0.4, 0.5) is 11.6 Å². The minimum atomic E-state index is -0.109. The predicted molar refractivity (Wildman–Crippen MR) is 86.0 cm³/mol. The van der Waals surface area contributed by atoms with Crippen molar-refractivity contribution in [2.75, 3.05) is 43.5 Å². The van der Waals surface area contributed by atoms with Gasteiger partial charge in [0.05, 0.1) is 19.8 Å². The maximum absolute atomic E-state index is 8.67. The summed E-state index contributed by atoms with van der Waals surface area (Å²) < 4.78 is 5.25. The number of ether oxygens (including phenoxy) is 1.